The number of carbonyl (C=O) groups is 1. The molecule has 168 valence electrons. The Hall–Kier alpha value is -1.83. The van der Waals surface area contributed by atoms with Crippen LogP contribution in [-0.4, -0.2) is 71.9 Å². The molecule has 1 aromatic rings. The number of fused-ring (bicyclic) bond motifs is 1. The highest BCUT2D eigenvalue weighted by atomic mass is 32.2. The maximum Gasteiger partial charge on any atom is 0.315 e. The van der Waals surface area contributed by atoms with Gasteiger partial charge < -0.3 is 15.4 Å². The molecular weight excluding hydrogens is 408 g/mol. The lowest BCUT2D eigenvalue weighted by Crippen LogP contribution is -2.41. The Kier molecular flexibility index (Phi) is 7.69. The third-order valence-corrected chi connectivity index (χ3v) is 8.04. The first kappa shape index (κ1) is 22.4. The Balaban J connectivity index is 1.03. The molecule has 4 atom stereocenters. The molecule has 0 aliphatic carbocycles. The molecule has 2 saturated heterocycles. The highest BCUT2D eigenvalue weighted by Crippen LogP contribution is 2.33. The van der Waals surface area contributed by atoms with Gasteiger partial charge in [-0.25, -0.2) is 4.79 Å². The van der Waals surface area contributed by atoms with Gasteiger partial charge in [0.1, 0.15) is 6.54 Å². The molecule has 6 nitrogen and oxygen atoms in total. The maximum atomic E-state index is 11.4. The number of nitrogens with one attached hydrogen (secondary N) is 2. The van der Waals surface area contributed by atoms with Gasteiger partial charge in [0.05, 0.1) is 38.5 Å². The molecule has 4 heterocycles. The normalized spacial score (nSPS) is 29.4. The summed E-state index contributed by atoms with van der Waals surface area (Å²) in [4.78, 5) is 15.5. The van der Waals surface area contributed by atoms with E-state index in [0.29, 0.717) is 17.3 Å². The molecule has 0 spiro atoms. The highest BCUT2D eigenvalue weighted by Gasteiger charge is 2.42. The van der Waals surface area contributed by atoms with E-state index in [4.69, 9.17) is 4.74 Å². The van der Waals surface area contributed by atoms with Crippen LogP contribution in [0.15, 0.2) is 42.9 Å². The van der Waals surface area contributed by atoms with Crippen LogP contribution in [0.5, 0.6) is 0 Å². The number of allylic oxidation sites excluding steroid dienone is 2. The number of rotatable bonds is 11. The van der Waals surface area contributed by atoms with Gasteiger partial charge in [-0.15, -0.1) is 0 Å². The second-order valence-corrected chi connectivity index (χ2v) is 10.3. The summed E-state index contributed by atoms with van der Waals surface area (Å²) in [5.74, 6) is 1.05. The molecule has 2 N–H and O–H groups in total. The van der Waals surface area contributed by atoms with Gasteiger partial charge in [0, 0.05) is 36.4 Å². The van der Waals surface area contributed by atoms with Crippen molar-refractivity contribution in [2.45, 2.75) is 49.4 Å². The third-order valence-electron chi connectivity index (χ3n) is 6.53. The summed E-state index contributed by atoms with van der Waals surface area (Å²) in [6.07, 6.45) is 16.4. The van der Waals surface area contributed by atoms with Crippen molar-refractivity contribution < 1.29 is 14.0 Å². The summed E-state index contributed by atoms with van der Waals surface area (Å²) >= 11 is 2.00. The summed E-state index contributed by atoms with van der Waals surface area (Å²) in [5.41, 5.74) is 2.52. The number of carbonyl (C=O) groups excluding carboxylic acids is 1. The Morgan fingerprint density at radius 1 is 1.16 bits per heavy atom. The van der Waals surface area contributed by atoms with E-state index in [0.717, 1.165) is 49.4 Å². The van der Waals surface area contributed by atoms with Gasteiger partial charge in [-0.3, -0.25) is 9.47 Å². The number of nitrogens with zero attached hydrogens (tertiary/aromatic N) is 2. The van der Waals surface area contributed by atoms with Crippen LogP contribution in [0, 0.1) is 0 Å². The van der Waals surface area contributed by atoms with E-state index >= 15 is 0 Å². The quantitative estimate of drug-likeness (QED) is 0.312. The molecule has 0 aromatic carbocycles. The average molecular weight is 444 g/mol. The molecule has 2 fully saturated rings. The molecule has 0 radical (unpaired) electrons. The standard InChI is InChI=1S/C24H34N4O2S/c1-28(14-9-20(10-15-28)19-7-11-25-12-8-19)13-5-17-30-16-4-2-3-6-22-23-21(18-31-22)26-24(29)27-23/h7-12,14,21-23H,2-6,13,15-18H2,1H3,(H-,26,27,29)/p+1. The molecule has 3 aliphatic heterocycles. The fourth-order valence-corrected chi connectivity index (χ4v) is 6.16. The van der Waals surface area contributed by atoms with Crippen LogP contribution in [-0.2, 0) is 4.74 Å². The molecule has 7 heteroatoms. The lowest BCUT2D eigenvalue weighted by atomic mass is 10.0. The average Bonchev–Trinajstić information content (AvgIpc) is 3.33. The number of pyridine rings is 1. The SMILES string of the molecule is C[N+]1(CCCOCCCCCC2SCC3NC(=O)NC32)C=CC(c2ccncc2)=CC1. The summed E-state index contributed by atoms with van der Waals surface area (Å²) in [6.45, 7) is 3.80. The Morgan fingerprint density at radius 2 is 2.00 bits per heavy atom. The van der Waals surface area contributed by atoms with E-state index in [1.165, 1.54) is 30.4 Å². The zero-order valence-corrected chi connectivity index (χ0v) is 19.3. The van der Waals surface area contributed by atoms with Crippen LogP contribution in [0.2, 0.25) is 0 Å². The van der Waals surface area contributed by atoms with Crippen LogP contribution in [0.4, 0.5) is 4.79 Å². The molecular formula is C24H35N4O2S+. The number of aromatic nitrogens is 1. The minimum atomic E-state index is 0.00936. The van der Waals surface area contributed by atoms with Crippen molar-refractivity contribution >= 4 is 23.4 Å². The minimum absolute atomic E-state index is 0.00936. The number of unbranched alkanes of at least 4 members (excludes halogenated alkanes) is 2. The molecule has 2 amide bonds. The predicted octanol–water partition coefficient (Wildman–Crippen LogP) is 3.57. The van der Waals surface area contributed by atoms with E-state index in [1.807, 2.05) is 24.2 Å². The van der Waals surface area contributed by atoms with Gasteiger partial charge in [0.2, 0.25) is 0 Å². The Labute approximate surface area is 190 Å². The first-order valence-corrected chi connectivity index (χ1v) is 12.6. The highest BCUT2D eigenvalue weighted by molar-refractivity contribution is 8.00. The molecule has 1 aromatic heterocycles. The van der Waals surface area contributed by atoms with Crippen LogP contribution < -0.4 is 10.6 Å². The molecule has 4 unspecified atom stereocenters. The topological polar surface area (TPSA) is 63.2 Å². The molecule has 3 aliphatic rings. The van der Waals surface area contributed by atoms with Gasteiger partial charge in [-0.1, -0.05) is 12.8 Å². The first-order chi connectivity index (χ1) is 15.1. The zero-order valence-electron chi connectivity index (χ0n) is 18.5. The monoisotopic (exact) mass is 443 g/mol. The van der Waals surface area contributed by atoms with Crippen molar-refractivity contribution in [3.8, 4) is 0 Å². The summed E-state index contributed by atoms with van der Waals surface area (Å²) < 4.78 is 6.82. The first-order valence-electron chi connectivity index (χ1n) is 11.5. The maximum absolute atomic E-state index is 11.4. The van der Waals surface area contributed by atoms with Crippen molar-refractivity contribution in [1.29, 1.82) is 0 Å². The fourth-order valence-electron chi connectivity index (χ4n) is 4.62. The summed E-state index contributed by atoms with van der Waals surface area (Å²) in [7, 11) is 2.28. The number of urea groups is 1. The number of amides is 2. The van der Waals surface area contributed by atoms with Crippen LogP contribution >= 0.6 is 11.8 Å². The van der Waals surface area contributed by atoms with E-state index in [2.05, 4.69) is 53.1 Å². The number of hydrogen-bond donors (Lipinski definition) is 2. The van der Waals surface area contributed by atoms with Gasteiger partial charge in [-0.05, 0) is 48.3 Å². The van der Waals surface area contributed by atoms with Gasteiger partial charge in [-0.2, -0.15) is 11.8 Å². The smallest absolute Gasteiger partial charge is 0.315 e. The van der Waals surface area contributed by atoms with Crippen LogP contribution in [0.25, 0.3) is 5.57 Å². The number of hydrogen-bond acceptors (Lipinski definition) is 4. The summed E-state index contributed by atoms with van der Waals surface area (Å²) in [5, 5.41) is 6.65. The van der Waals surface area contributed by atoms with Crippen molar-refractivity contribution in [2.75, 3.05) is 39.1 Å². The molecule has 4 rings (SSSR count). The lowest BCUT2D eigenvalue weighted by Gasteiger charge is -2.31. The van der Waals surface area contributed by atoms with Crippen molar-refractivity contribution in [2.24, 2.45) is 0 Å². The lowest BCUT2D eigenvalue weighted by molar-refractivity contribution is -0.854. The second kappa shape index (κ2) is 10.7. The Morgan fingerprint density at radius 3 is 2.81 bits per heavy atom. The Bertz CT molecular complexity index is 800. The van der Waals surface area contributed by atoms with Crippen LogP contribution in [0.1, 0.15) is 37.7 Å². The predicted molar refractivity (Wildman–Crippen MR) is 127 cm³/mol. The minimum Gasteiger partial charge on any atom is -0.381 e. The fraction of sp³-hybridized carbons (Fsp3) is 0.583. The van der Waals surface area contributed by atoms with Crippen molar-refractivity contribution in [3.63, 3.8) is 0 Å². The van der Waals surface area contributed by atoms with Crippen molar-refractivity contribution in [1.82, 2.24) is 15.6 Å². The van der Waals surface area contributed by atoms with Gasteiger partial charge >= 0.3 is 6.03 Å². The molecule has 0 saturated carbocycles. The van der Waals surface area contributed by atoms with E-state index < -0.39 is 0 Å². The number of likely N-dealkylation sites (N-methyl/N-ethyl adjacent to an activating group) is 1. The zero-order chi connectivity index (χ0) is 21.5. The largest absolute Gasteiger partial charge is 0.381 e. The van der Waals surface area contributed by atoms with E-state index in [1.54, 1.807) is 0 Å². The van der Waals surface area contributed by atoms with Gasteiger partial charge in [0.25, 0.3) is 0 Å². The number of thioether (sulfide) groups is 1. The number of ether oxygens (including phenoxy) is 1. The van der Waals surface area contributed by atoms with Gasteiger partial charge in [0.15, 0.2) is 0 Å². The van der Waals surface area contributed by atoms with Crippen molar-refractivity contribution in [3.05, 3.63) is 48.4 Å². The number of quaternary nitrogens is 1. The second-order valence-electron chi connectivity index (χ2n) is 9.03. The van der Waals surface area contributed by atoms with E-state index in [-0.39, 0.29) is 6.03 Å². The third kappa shape index (κ3) is 6.11. The molecule has 31 heavy (non-hydrogen) atoms. The van der Waals surface area contributed by atoms with Crippen LogP contribution in [0.3, 0.4) is 0 Å². The summed E-state index contributed by atoms with van der Waals surface area (Å²) in [6, 6.07) is 4.80. The molecule has 0 bridgehead atoms. The van der Waals surface area contributed by atoms with E-state index in [9.17, 15) is 4.79 Å².